The number of benzene rings is 9. The Morgan fingerprint density at radius 2 is 0.632 bits per heavy atom. The summed E-state index contributed by atoms with van der Waals surface area (Å²) in [7, 11) is 0. The summed E-state index contributed by atoms with van der Waals surface area (Å²) < 4.78 is 4.80. The molecule has 3 heteroatoms. The van der Waals surface area contributed by atoms with Crippen LogP contribution in [0, 0.1) is 0 Å². The van der Waals surface area contributed by atoms with Crippen molar-refractivity contribution in [1.29, 1.82) is 0 Å². The summed E-state index contributed by atoms with van der Waals surface area (Å²) in [5.74, 6) is 0. The lowest BCUT2D eigenvalue weighted by Crippen LogP contribution is -1.94. The highest BCUT2D eigenvalue weighted by atomic mass is 15.0. The van der Waals surface area contributed by atoms with Gasteiger partial charge in [0.05, 0.1) is 22.1 Å². The van der Waals surface area contributed by atoms with Gasteiger partial charge in [-0.15, -0.1) is 0 Å². The van der Waals surface area contributed by atoms with E-state index in [1.165, 1.54) is 93.3 Å². The smallest absolute Gasteiger partial charge is 0.0541 e. The van der Waals surface area contributed by atoms with Crippen LogP contribution in [0.4, 0.5) is 0 Å². The fraction of sp³-hybridized carbons (Fsp3) is 0. The number of nitrogens with zero attached hydrogens (tertiary/aromatic N) is 2. The summed E-state index contributed by atoms with van der Waals surface area (Å²) in [6.07, 6.45) is 0. The molecule has 12 rings (SSSR count). The van der Waals surface area contributed by atoms with Gasteiger partial charge in [0.2, 0.25) is 0 Å². The Balaban J connectivity index is 0.935. The summed E-state index contributed by atoms with van der Waals surface area (Å²) >= 11 is 0. The Hall–Kier alpha value is -7.62. The molecule has 0 fully saturated rings. The highest BCUT2D eigenvalue weighted by Crippen LogP contribution is 2.39. The normalized spacial score (nSPS) is 11.9. The summed E-state index contributed by atoms with van der Waals surface area (Å²) in [5.41, 5.74) is 16.7. The third-order valence-corrected chi connectivity index (χ3v) is 11.9. The maximum absolute atomic E-state index is 3.56. The van der Waals surface area contributed by atoms with Gasteiger partial charge in [0, 0.05) is 54.7 Å². The van der Waals surface area contributed by atoms with E-state index in [4.69, 9.17) is 0 Å². The molecule has 3 heterocycles. The molecule has 0 aliphatic heterocycles. The highest BCUT2D eigenvalue weighted by molar-refractivity contribution is 6.13. The second kappa shape index (κ2) is 12.5. The Bertz CT molecular complexity index is 3490. The van der Waals surface area contributed by atoms with Gasteiger partial charge in [0.1, 0.15) is 0 Å². The van der Waals surface area contributed by atoms with Crippen molar-refractivity contribution < 1.29 is 0 Å². The maximum atomic E-state index is 3.56. The lowest BCUT2D eigenvalue weighted by molar-refractivity contribution is 1.18. The Kier molecular flexibility index (Phi) is 6.93. The number of para-hydroxylation sites is 3. The summed E-state index contributed by atoms with van der Waals surface area (Å²) in [6.45, 7) is 0. The first-order chi connectivity index (χ1) is 28.2. The van der Waals surface area contributed by atoms with E-state index in [-0.39, 0.29) is 0 Å². The number of rotatable bonds is 5. The fourth-order valence-corrected chi connectivity index (χ4v) is 9.13. The molecule has 266 valence electrons. The minimum absolute atomic E-state index is 1.15. The molecule has 3 aromatic heterocycles. The topological polar surface area (TPSA) is 25.6 Å². The second-order valence-electron chi connectivity index (χ2n) is 15.1. The largest absolute Gasteiger partial charge is 0.355 e. The number of nitrogens with one attached hydrogen (secondary N) is 1. The number of fused-ring (bicyclic) bond motifs is 9. The van der Waals surface area contributed by atoms with E-state index in [1.54, 1.807) is 0 Å². The number of hydrogen-bond donors (Lipinski definition) is 1. The summed E-state index contributed by atoms with van der Waals surface area (Å²) in [6, 6.07) is 75.2. The molecule has 0 aliphatic rings. The van der Waals surface area contributed by atoms with Gasteiger partial charge in [-0.25, -0.2) is 0 Å². The molecule has 57 heavy (non-hydrogen) atoms. The standard InChI is InChI=1S/C54H35N3/c1-2-10-35(11-3-1)36-18-25-41(26-19-36)56-51-16-8-5-13-44(51)47-33-39(23-30-53(47)56)40-24-31-54-48(34-40)45-14-6-9-17-52(45)57(54)42-27-20-37(21-28-42)38-22-29-50-46(32-38)43-12-4-7-15-49(43)55-50/h1-34,55H. The average molecular weight is 726 g/mol. The van der Waals surface area contributed by atoms with E-state index >= 15 is 0 Å². The van der Waals surface area contributed by atoms with Crippen LogP contribution in [0.3, 0.4) is 0 Å². The van der Waals surface area contributed by atoms with Crippen LogP contribution in [0.2, 0.25) is 0 Å². The first kappa shape index (κ1) is 31.7. The molecule has 0 saturated carbocycles. The fourth-order valence-electron chi connectivity index (χ4n) is 9.13. The molecular weight excluding hydrogens is 691 g/mol. The van der Waals surface area contributed by atoms with Gasteiger partial charge in [0.25, 0.3) is 0 Å². The van der Waals surface area contributed by atoms with E-state index < -0.39 is 0 Å². The van der Waals surface area contributed by atoms with Crippen LogP contribution in [0.1, 0.15) is 0 Å². The monoisotopic (exact) mass is 725 g/mol. The van der Waals surface area contributed by atoms with Gasteiger partial charge in [-0.3, -0.25) is 0 Å². The van der Waals surface area contributed by atoms with E-state index in [2.05, 4.69) is 220 Å². The van der Waals surface area contributed by atoms with Gasteiger partial charge in [-0.1, -0.05) is 127 Å². The highest BCUT2D eigenvalue weighted by Gasteiger charge is 2.17. The zero-order valence-electron chi connectivity index (χ0n) is 31.0. The lowest BCUT2D eigenvalue weighted by atomic mass is 10.0. The molecule has 0 saturated heterocycles. The van der Waals surface area contributed by atoms with Crippen molar-refractivity contribution >= 4 is 65.4 Å². The van der Waals surface area contributed by atoms with Crippen LogP contribution in [-0.4, -0.2) is 14.1 Å². The SMILES string of the molecule is c1ccc(-c2ccc(-n3c4ccccc4c4cc(-c5ccc6c(c5)c5ccccc5n6-c5ccc(-c6ccc7[nH]c8ccccc8c7c6)cc5)ccc43)cc2)cc1. The molecule has 1 N–H and O–H groups in total. The van der Waals surface area contributed by atoms with Crippen molar-refractivity contribution in [3.63, 3.8) is 0 Å². The predicted octanol–water partition coefficient (Wildman–Crippen LogP) is 14.5. The maximum Gasteiger partial charge on any atom is 0.0541 e. The van der Waals surface area contributed by atoms with Crippen LogP contribution >= 0.6 is 0 Å². The molecule has 12 aromatic rings. The summed E-state index contributed by atoms with van der Waals surface area (Å²) in [5, 5.41) is 7.51. The van der Waals surface area contributed by atoms with Crippen LogP contribution in [0.25, 0.3) is 110 Å². The lowest BCUT2D eigenvalue weighted by Gasteiger charge is -2.11. The van der Waals surface area contributed by atoms with Crippen LogP contribution < -0.4 is 0 Å². The van der Waals surface area contributed by atoms with Crippen LogP contribution in [0.5, 0.6) is 0 Å². The molecule has 0 bridgehead atoms. The Morgan fingerprint density at radius 3 is 1.23 bits per heavy atom. The molecule has 0 radical (unpaired) electrons. The van der Waals surface area contributed by atoms with Gasteiger partial charge in [0.15, 0.2) is 0 Å². The molecule has 3 nitrogen and oxygen atoms in total. The van der Waals surface area contributed by atoms with E-state index in [1.807, 2.05) is 0 Å². The third kappa shape index (κ3) is 4.99. The first-order valence-electron chi connectivity index (χ1n) is 19.6. The van der Waals surface area contributed by atoms with E-state index in [0.29, 0.717) is 0 Å². The molecule has 0 unspecified atom stereocenters. The zero-order chi connectivity index (χ0) is 37.5. The number of aromatic amines is 1. The van der Waals surface area contributed by atoms with Crippen molar-refractivity contribution in [2.24, 2.45) is 0 Å². The molecular formula is C54H35N3. The Morgan fingerprint density at radius 1 is 0.246 bits per heavy atom. The second-order valence-corrected chi connectivity index (χ2v) is 15.1. The van der Waals surface area contributed by atoms with Gasteiger partial charge in [-0.2, -0.15) is 0 Å². The van der Waals surface area contributed by atoms with Crippen molar-refractivity contribution in [3.8, 4) is 44.8 Å². The minimum Gasteiger partial charge on any atom is -0.355 e. The number of aromatic nitrogens is 3. The van der Waals surface area contributed by atoms with E-state index in [9.17, 15) is 0 Å². The van der Waals surface area contributed by atoms with Crippen molar-refractivity contribution in [3.05, 3.63) is 206 Å². The molecule has 9 aromatic carbocycles. The van der Waals surface area contributed by atoms with Crippen molar-refractivity contribution in [1.82, 2.24) is 14.1 Å². The molecule has 0 aliphatic carbocycles. The zero-order valence-corrected chi connectivity index (χ0v) is 31.0. The number of hydrogen-bond acceptors (Lipinski definition) is 0. The van der Waals surface area contributed by atoms with Gasteiger partial charge < -0.3 is 14.1 Å². The van der Waals surface area contributed by atoms with Crippen LogP contribution in [0.15, 0.2) is 206 Å². The predicted molar refractivity (Wildman–Crippen MR) is 241 cm³/mol. The van der Waals surface area contributed by atoms with Gasteiger partial charge >= 0.3 is 0 Å². The third-order valence-electron chi connectivity index (χ3n) is 11.9. The number of H-pyrrole nitrogens is 1. The average Bonchev–Trinajstić information content (AvgIpc) is 3.94. The first-order valence-corrected chi connectivity index (χ1v) is 19.6. The quantitative estimate of drug-likeness (QED) is 0.183. The van der Waals surface area contributed by atoms with Crippen molar-refractivity contribution in [2.75, 3.05) is 0 Å². The van der Waals surface area contributed by atoms with E-state index in [0.717, 1.165) is 16.9 Å². The molecule has 0 spiro atoms. The summed E-state index contributed by atoms with van der Waals surface area (Å²) in [4.78, 5) is 3.56. The molecule has 0 amide bonds. The van der Waals surface area contributed by atoms with Crippen molar-refractivity contribution in [2.45, 2.75) is 0 Å². The Labute approximate surface area is 329 Å². The minimum atomic E-state index is 1.15. The van der Waals surface area contributed by atoms with Crippen LogP contribution in [-0.2, 0) is 0 Å². The molecule has 0 atom stereocenters. The van der Waals surface area contributed by atoms with Gasteiger partial charge in [-0.05, 0) is 112 Å².